The second kappa shape index (κ2) is 10.0. The molecule has 4 heteroatoms. The first-order valence-corrected chi connectivity index (χ1v) is 11.3. The van der Waals surface area contributed by atoms with Crippen molar-refractivity contribution in [3.8, 4) is 23.3 Å². The van der Waals surface area contributed by atoms with Crippen LogP contribution in [0.3, 0.4) is 0 Å². The lowest BCUT2D eigenvalue weighted by atomic mass is 9.91. The van der Waals surface area contributed by atoms with Crippen molar-refractivity contribution in [2.45, 2.75) is 12.7 Å². The molecule has 0 amide bonds. The van der Waals surface area contributed by atoms with Crippen LogP contribution in [-0.2, 0) is 11.3 Å². The van der Waals surface area contributed by atoms with Crippen molar-refractivity contribution in [2.24, 2.45) is 0 Å². The summed E-state index contributed by atoms with van der Waals surface area (Å²) in [6.45, 7) is 0.332. The number of benzene rings is 4. The second-order valence-electron chi connectivity index (χ2n) is 8.23. The van der Waals surface area contributed by atoms with Gasteiger partial charge in [0.25, 0.3) is 0 Å². The molecule has 0 aliphatic rings. The van der Waals surface area contributed by atoms with Crippen LogP contribution in [-0.4, -0.2) is 4.98 Å². The van der Waals surface area contributed by atoms with Crippen LogP contribution in [0.25, 0.3) is 21.9 Å². The highest BCUT2D eigenvalue weighted by molar-refractivity contribution is 5.97. The van der Waals surface area contributed by atoms with Gasteiger partial charge in [0.2, 0.25) is 0 Å². The van der Waals surface area contributed by atoms with Crippen molar-refractivity contribution in [3.05, 3.63) is 137 Å². The Morgan fingerprint density at radius 3 is 2.43 bits per heavy atom. The predicted octanol–water partition coefficient (Wildman–Crippen LogP) is 6.95. The molecule has 5 aromatic rings. The van der Waals surface area contributed by atoms with Gasteiger partial charge in [-0.3, -0.25) is 4.98 Å². The van der Waals surface area contributed by atoms with E-state index in [4.69, 9.17) is 4.74 Å². The fourth-order valence-corrected chi connectivity index (χ4v) is 4.33. The Labute approximate surface area is 204 Å². The van der Waals surface area contributed by atoms with Crippen LogP contribution in [0.15, 0.2) is 109 Å². The molecule has 0 radical (unpaired) electrons. The highest BCUT2D eigenvalue weighted by Gasteiger charge is 2.19. The number of rotatable bonds is 6. The number of fused-ring (bicyclic) bond motifs is 1. The van der Waals surface area contributed by atoms with Crippen LogP contribution in [0.2, 0.25) is 0 Å². The fourth-order valence-electron chi connectivity index (χ4n) is 4.33. The first-order chi connectivity index (χ1) is 17.3. The van der Waals surface area contributed by atoms with Gasteiger partial charge in [0.1, 0.15) is 6.10 Å². The Morgan fingerprint density at radius 1 is 0.743 bits per heavy atom. The zero-order valence-corrected chi connectivity index (χ0v) is 18.9. The van der Waals surface area contributed by atoms with Gasteiger partial charge in [-0.15, -0.1) is 0 Å². The maximum absolute atomic E-state index is 9.88. The highest BCUT2D eigenvalue weighted by Crippen LogP contribution is 2.35. The third kappa shape index (κ3) is 4.66. The largest absolute Gasteiger partial charge is 0.364 e. The molecular weight excluding hydrogens is 430 g/mol. The molecule has 166 valence electrons. The predicted molar refractivity (Wildman–Crippen MR) is 136 cm³/mol. The quantitative estimate of drug-likeness (QED) is 0.280. The van der Waals surface area contributed by atoms with Gasteiger partial charge in [-0.2, -0.15) is 10.5 Å². The molecule has 4 aromatic carbocycles. The van der Waals surface area contributed by atoms with Gasteiger partial charge in [0.05, 0.1) is 29.9 Å². The van der Waals surface area contributed by atoms with Crippen LogP contribution < -0.4 is 0 Å². The molecule has 35 heavy (non-hydrogen) atoms. The smallest absolute Gasteiger partial charge is 0.109 e. The number of nitrogens with zero attached hydrogens (tertiary/aromatic N) is 3. The standard InChI is InChI=1S/C31H21N3O/c32-18-22-6-3-7-23(16-22)21-35-31(27-10-5-15-34-20-27)25-13-14-26(19-33)30(17-25)29-12-4-9-24-8-1-2-11-28(24)29/h1-17,20,31H,21H2. The third-order valence-corrected chi connectivity index (χ3v) is 6.01. The van der Waals surface area contributed by atoms with E-state index >= 15 is 0 Å². The lowest BCUT2D eigenvalue weighted by Crippen LogP contribution is -2.08. The SMILES string of the molecule is N#Cc1cccc(COC(c2cccnc2)c2ccc(C#N)c(-c3cccc4ccccc34)c2)c1. The summed E-state index contributed by atoms with van der Waals surface area (Å²) in [5.74, 6) is 0. The van der Waals surface area contributed by atoms with E-state index in [0.29, 0.717) is 17.7 Å². The van der Waals surface area contributed by atoms with E-state index in [1.165, 1.54) is 0 Å². The van der Waals surface area contributed by atoms with E-state index in [0.717, 1.165) is 38.6 Å². The molecule has 1 aromatic heterocycles. The van der Waals surface area contributed by atoms with E-state index in [1.807, 2.05) is 66.7 Å². The van der Waals surface area contributed by atoms with Gasteiger partial charge in [0, 0.05) is 23.5 Å². The molecule has 0 bridgehead atoms. The Hall–Kier alpha value is -4.77. The topological polar surface area (TPSA) is 69.7 Å². The highest BCUT2D eigenvalue weighted by atomic mass is 16.5. The maximum atomic E-state index is 9.88. The summed E-state index contributed by atoms with van der Waals surface area (Å²) in [6, 6.07) is 36.0. The lowest BCUT2D eigenvalue weighted by molar-refractivity contribution is 0.0665. The summed E-state index contributed by atoms with van der Waals surface area (Å²) in [7, 11) is 0. The first-order valence-electron chi connectivity index (χ1n) is 11.3. The molecule has 0 aliphatic carbocycles. The number of hydrogen-bond acceptors (Lipinski definition) is 4. The van der Waals surface area contributed by atoms with E-state index < -0.39 is 6.10 Å². The van der Waals surface area contributed by atoms with Crippen molar-refractivity contribution < 1.29 is 4.74 Å². The van der Waals surface area contributed by atoms with Crippen LogP contribution in [0, 0.1) is 22.7 Å². The van der Waals surface area contributed by atoms with E-state index in [1.54, 1.807) is 18.5 Å². The summed E-state index contributed by atoms with van der Waals surface area (Å²) in [5, 5.41) is 21.3. The van der Waals surface area contributed by atoms with Crippen molar-refractivity contribution >= 4 is 10.8 Å². The number of aromatic nitrogens is 1. The third-order valence-electron chi connectivity index (χ3n) is 6.01. The van der Waals surface area contributed by atoms with Gasteiger partial charge in [-0.1, -0.05) is 66.7 Å². The van der Waals surface area contributed by atoms with E-state index in [2.05, 4.69) is 41.4 Å². The molecule has 0 spiro atoms. The molecule has 0 N–H and O–H groups in total. The maximum Gasteiger partial charge on any atom is 0.109 e. The minimum Gasteiger partial charge on any atom is -0.364 e. The number of nitriles is 2. The summed E-state index contributed by atoms with van der Waals surface area (Å²) in [5.41, 5.74) is 5.84. The van der Waals surface area contributed by atoms with Gasteiger partial charge < -0.3 is 4.74 Å². The molecule has 0 saturated carbocycles. The van der Waals surface area contributed by atoms with Crippen LogP contribution >= 0.6 is 0 Å². The minimum atomic E-state index is -0.393. The van der Waals surface area contributed by atoms with E-state index in [-0.39, 0.29) is 0 Å². The molecule has 0 aliphatic heterocycles. The number of ether oxygens (including phenoxy) is 1. The molecule has 1 heterocycles. The number of hydrogen-bond donors (Lipinski definition) is 0. The Bertz CT molecular complexity index is 1570. The van der Waals surface area contributed by atoms with Gasteiger partial charge in [-0.05, 0) is 57.8 Å². The fraction of sp³-hybridized carbons (Fsp3) is 0.0645. The number of pyridine rings is 1. The minimum absolute atomic E-state index is 0.332. The summed E-state index contributed by atoms with van der Waals surface area (Å²) in [4.78, 5) is 4.29. The average Bonchev–Trinajstić information content (AvgIpc) is 2.93. The van der Waals surface area contributed by atoms with Crippen molar-refractivity contribution in [1.29, 1.82) is 10.5 Å². The zero-order valence-electron chi connectivity index (χ0n) is 18.9. The summed E-state index contributed by atoms with van der Waals surface area (Å²) < 4.78 is 6.42. The van der Waals surface area contributed by atoms with Crippen LogP contribution in [0.1, 0.15) is 33.9 Å². The molecule has 0 saturated heterocycles. The van der Waals surface area contributed by atoms with E-state index in [9.17, 15) is 10.5 Å². The Kier molecular flexibility index (Phi) is 6.31. The molecule has 4 nitrogen and oxygen atoms in total. The van der Waals surface area contributed by atoms with Gasteiger partial charge in [0.15, 0.2) is 0 Å². The summed E-state index contributed by atoms with van der Waals surface area (Å²) >= 11 is 0. The van der Waals surface area contributed by atoms with Crippen LogP contribution in [0.4, 0.5) is 0 Å². The molecule has 5 rings (SSSR count). The first kappa shape index (κ1) is 22.0. The van der Waals surface area contributed by atoms with Crippen molar-refractivity contribution in [1.82, 2.24) is 4.98 Å². The molecule has 0 fully saturated rings. The van der Waals surface area contributed by atoms with Crippen molar-refractivity contribution in [3.63, 3.8) is 0 Å². The van der Waals surface area contributed by atoms with Crippen LogP contribution in [0.5, 0.6) is 0 Å². The summed E-state index contributed by atoms with van der Waals surface area (Å²) in [6.07, 6.45) is 3.14. The van der Waals surface area contributed by atoms with Gasteiger partial charge in [-0.25, -0.2) is 0 Å². The lowest BCUT2D eigenvalue weighted by Gasteiger charge is -2.20. The molecular formula is C31H21N3O. The van der Waals surface area contributed by atoms with Crippen molar-refractivity contribution in [2.75, 3.05) is 0 Å². The monoisotopic (exact) mass is 451 g/mol. The Morgan fingerprint density at radius 2 is 1.60 bits per heavy atom. The molecule has 1 atom stereocenters. The average molecular weight is 452 g/mol. The van der Waals surface area contributed by atoms with Gasteiger partial charge >= 0.3 is 0 Å². The molecule has 1 unspecified atom stereocenters. The normalized spacial score (nSPS) is 11.5. The zero-order chi connectivity index (χ0) is 24.0. The Balaban J connectivity index is 1.59. The second-order valence-corrected chi connectivity index (χ2v) is 8.23.